The first-order chi connectivity index (χ1) is 39.2. The lowest BCUT2D eigenvalue weighted by Crippen LogP contribution is -2.37. The minimum atomic E-state index is -1.78. The zero-order valence-electron chi connectivity index (χ0n) is 52.9. The molecule has 0 fully saturated rings. The highest BCUT2D eigenvalue weighted by Crippen LogP contribution is 2.50. The van der Waals surface area contributed by atoms with Crippen LogP contribution in [0.4, 0.5) is 8.78 Å². The molecule has 0 aliphatic heterocycles. The van der Waals surface area contributed by atoms with Gasteiger partial charge in [-0.3, -0.25) is 0 Å². The van der Waals surface area contributed by atoms with Gasteiger partial charge in [0.2, 0.25) is 0 Å². The van der Waals surface area contributed by atoms with Gasteiger partial charge in [0.05, 0.1) is 54.7 Å². The Morgan fingerprint density at radius 3 is 1.12 bits per heavy atom. The fourth-order valence-corrected chi connectivity index (χ4v) is 14.8. The number of ether oxygens (including phenoxy) is 2. The van der Waals surface area contributed by atoms with Gasteiger partial charge in [-0.25, -0.2) is 8.78 Å². The molecule has 8 aromatic carbocycles. The molecule has 0 atom stereocenters. The Morgan fingerprint density at radius 1 is 0.429 bits per heavy atom. The van der Waals surface area contributed by atoms with Crippen molar-refractivity contribution in [3.05, 3.63) is 172 Å². The maximum atomic E-state index is 16.1. The second-order valence-corrected chi connectivity index (χ2v) is 34.1. The molecule has 10 rings (SSSR count). The second kappa shape index (κ2) is 21.6. The summed E-state index contributed by atoms with van der Waals surface area (Å²) in [6.07, 6.45) is 2.09. The summed E-state index contributed by atoms with van der Waals surface area (Å²) in [5.41, 5.74) is 12.7. The minimum absolute atomic E-state index is 0.0199. The van der Waals surface area contributed by atoms with Gasteiger partial charge in [0.1, 0.15) is 34.6 Å². The number of hydrogen-bond acceptors (Lipinski definition) is 4. The molecule has 0 spiro atoms. The van der Waals surface area contributed by atoms with E-state index in [0.29, 0.717) is 62.7 Å². The summed E-state index contributed by atoms with van der Waals surface area (Å²) in [6.45, 7) is 39.8. The number of phenols is 2. The van der Waals surface area contributed by atoms with Crippen LogP contribution in [0.25, 0.3) is 77.2 Å². The first kappa shape index (κ1) is 59.8. The lowest BCUT2D eigenvalue weighted by molar-refractivity contribution is 0.246. The molecule has 84 heavy (non-hydrogen) atoms. The average molecular weight is 1150 g/mol. The van der Waals surface area contributed by atoms with Gasteiger partial charge in [-0.05, 0) is 181 Å². The quantitative estimate of drug-likeness (QED) is 0.0793. The molecule has 0 saturated carbocycles. The van der Waals surface area contributed by atoms with E-state index in [1.54, 1.807) is 0 Å². The molecule has 0 radical (unpaired) electrons. The Labute approximate surface area is 498 Å². The zero-order chi connectivity index (χ0) is 60.9. The molecule has 0 unspecified atom stereocenters. The van der Waals surface area contributed by atoms with Gasteiger partial charge in [-0.2, -0.15) is 0 Å². The van der Waals surface area contributed by atoms with E-state index in [9.17, 15) is 10.2 Å². The van der Waals surface area contributed by atoms with Gasteiger partial charge in [0.25, 0.3) is 0 Å². The third-order valence-electron chi connectivity index (χ3n) is 16.9. The monoisotopic (exact) mass is 1140 g/mol. The molecule has 0 amide bonds. The van der Waals surface area contributed by atoms with Crippen LogP contribution in [0.5, 0.6) is 23.0 Å². The van der Waals surface area contributed by atoms with E-state index in [-0.39, 0.29) is 46.4 Å². The highest BCUT2D eigenvalue weighted by atomic mass is 28.3. The van der Waals surface area contributed by atoms with Crippen LogP contribution in [0.15, 0.2) is 121 Å². The summed E-state index contributed by atoms with van der Waals surface area (Å²) in [7, 11) is -1.78. The molecule has 0 saturated heterocycles. The molecule has 2 heterocycles. The van der Waals surface area contributed by atoms with Crippen LogP contribution < -0.4 is 14.7 Å². The number of aryl methyl sites for hydroxylation is 5. The summed E-state index contributed by atoms with van der Waals surface area (Å²) in [6, 6.07) is 40.4. The van der Waals surface area contributed by atoms with Crippen LogP contribution in [0.3, 0.4) is 0 Å². The van der Waals surface area contributed by atoms with Crippen molar-refractivity contribution in [2.75, 3.05) is 13.2 Å². The summed E-state index contributed by atoms with van der Waals surface area (Å²) in [4.78, 5) is 0. The van der Waals surface area contributed by atoms with E-state index in [4.69, 9.17) is 9.47 Å². The first-order valence-electron chi connectivity index (χ1n) is 29.9. The zero-order valence-corrected chi connectivity index (χ0v) is 53.9. The molecule has 0 aliphatic rings. The van der Waals surface area contributed by atoms with Gasteiger partial charge in [0, 0.05) is 50.2 Å². The van der Waals surface area contributed by atoms with Crippen molar-refractivity contribution in [3.8, 4) is 56.6 Å². The second-order valence-electron chi connectivity index (χ2n) is 29.0. The Morgan fingerprint density at radius 2 is 0.774 bits per heavy atom. The lowest BCUT2D eigenvalue weighted by atomic mass is 9.71. The highest BCUT2D eigenvalue weighted by Gasteiger charge is 2.34. The SMILES string of the molecule is Cc1ccc2c3ccc(C)cc3n(-c3cc(C(C)(C)CC(C)(C)C)cc(-c4cc(F)cc(C)c4OCCCOc4c(C)cc(F)cc4-c4cc(C(C)(C)CC(C)(C)C)cc(-n5c6cc(C)ccc6c6ccc([Si](C)(C)C)cc65)c4O)c3O)c2c1. The predicted octanol–water partition coefficient (Wildman–Crippen LogP) is 20.3. The Balaban J connectivity index is 1.05. The van der Waals surface area contributed by atoms with Crippen LogP contribution in [-0.2, 0) is 10.8 Å². The smallest absolute Gasteiger partial charge is 0.147 e. The van der Waals surface area contributed by atoms with Gasteiger partial charge in [0.15, 0.2) is 0 Å². The molecule has 9 heteroatoms. The van der Waals surface area contributed by atoms with Crippen molar-refractivity contribution in [3.63, 3.8) is 0 Å². The van der Waals surface area contributed by atoms with Gasteiger partial charge >= 0.3 is 0 Å². The van der Waals surface area contributed by atoms with Gasteiger partial charge < -0.3 is 28.8 Å². The van der Waals surface area contributed by atoms with Crippen LogP contribution in [0.1, 0.15) is 127 Å². The van der Waals surface area contributed by atoms with Gasteiger partial charge in [-0.15, -0.1) is 0 Å². The van der Waals surface area contributed by atoms with E-state index < -0.39 is 19.7 Å². The topological polar surface area (TPSA) is 68.8 Å². The van der Waals surface area contributed by atoms with E-state index in [0.717, 1.165) is 84.3 Å². The van der Waals surface area contributed by atoms with Gasteiger partial charge in [-0.1, -0.05) is 143 Å². The lowest BCUT2D eigenvalue weighted by Gasteiger charge is -2.34. The summed E-state index contributed by atoms with van der Waals surface area (Å²) < 4.78 is 50.0. The third-order valence-corrected chi connectivity index (χ3v) is 18.9. The number of rotatable bonds is 15. The number of fused-ring (bicyclic) bond motifs is 6. The molecule has 2 aromatic heterocycles. The van der Waals surface area contributed by atoms with Crippen LogP contribution in [-0.4, -0.2) is 40.6 Å². The Bertz CT molecular complexity index is 4170. The molecule has 0 aliphatic carbocycles. The molecule has 6 nitrogen and oxygen atoms in total. The number of hydrogen-bond donors (Lipinski definition) is 2. The first-order valence-corrected chi connectivity index (χ1v) is 33.4. The number of aromatic hydroxyl groups is 2. The van der Waals surface area contributed by atoms with Crippen molar-refractivity contribution in [1.29, 1.82) is 0 Å². The molecular formula is C75H86F2N2O4Si. The number of halogens is 2. The molecule has 0 bridgehead atoms. The largest absolute Gasteiger partial charge is 0.505 e. The Kier molecular flexibility index (Phi) is 15.4. The average Bonchev–Trinajstić information content (AvgIpc) is 1.74. The summed E-state index contributed by atoms with van der Waals surface area (Å²) in [5, 5.41) is 31.6. The van der Waals surface area contributed by atoms with E-state index in [2.05, 4.69) is 204 Å². The van der Waals surface area contributed by atoms with Crippen molar-refractivity contribution in [2.45, 2.75) is 154 Å². The van der Waals surface area contributed by atoms with Crippen molar-refractivity contribution < 1.29 is 28.5 Å². The van der Waals surface area contributed by atoms with Crippen molar-refractivity contribution >= 4 is 56.9 Å². The van der Waals surface area contributed by atoms with Crippen LogP contribution in [0.2, 0.25) is 19.6 Å². The molecule has 2 N–H and O–H groups in total. The van der Waals surface area contributed by atoms with E-state index >= 15 is 8.78 Å². The fraction of sp³-hybridized carbons (Fsp3) is 0.360. The number of aromatic nitrogens is 2. The maximum absolute atomic E-state index is 16.1. The number of nitrogens with zero attached hydrogens (tertiary/aromatic N) is 2. The van der Waals surface area contributed by atoms with E-state index in [1.807, 2.05) is 26.0 Å². The highest BCUT2D eigenvalue weighted by molar-refractivity contribution is 6.88. The number of phenolic OH excluding ortho intramolecular Hbond substituents is 2. The van der Waals surface area contributed by atoms with Crippen molar-refractivity contribution in [1.82, 2.24) is 9.13 Å². The molecule has 10 aromatic rings. The Hall–Kier alpha value is -7.36. The minimum Gasteiger partial charge on any atom is -0.505 e. The third kappa shape index (κ3) is 11.6. The molecular weight excluding hydrogens is 1060 g/mol. The maximum Gasteiger partial charge on any atom is 0.147 e. The van der Waals surface area contributed by atoms with Crippen LogP contribution >= 0.6 is 0 Å². The molecule has 438 valence electrons. The normalized spacial score (nSPS) is 12.9. The van der Waals surface area contributed by atoms with Crippen molar-refractivity contribution in [2.24, 2.45) is 10.8 Å². The van der Waals surface area contributed by atoms with E-state index in [1.165, 1.54) is 29.5 Å². The summed E-state index contributed by atoms with van der Waals surface area (Å²) in [5.74, 6) is 0.0891. The fourth-order valence-electron chi connectivity index (χ4n) is 13.6. The summed E-state index contributed by atoms with van der Waals surface area (Å²) >= 11 is 0. The number of benzene rings is 8. The predicted molar refractivity (Wildman–Crippen MR) is 352 cm³/mol. The standard InChI is InChI=1S/C75H86F2N2O4Si/c1-44-20-24-54-55-25-21-45(2)31-63(55)78(62(54)30-44)66-37-49(74(12,13)42-72(6,7)8)35-58(68(66)80)60-39-51(76)33-47(4)70(60)82-28-19-29-83-71-48(5)34-52(77)40-61(71)59-36-50(75(14,15)43-73(9,10)11)38-67(69(59)81)79-64-32-46(3)22-26-56(64)57-27-23-53(41-65(57)79)84(16,17)18/h20-27,30-41,80-81H,19,28-29,42-43H2,1-18H3. The van der Waals surface area contributed by atoms with Crippen LogP contribution in [0, 0.1) is 57.1 Å².